The standard InChI is InChI=1S/C26H14Cl2FNO5/c27-17-9-8-14(11-18(17)28)30-24(33)19-20(25(30)34)26(35-21(19)12-4-3-5-13(29)10-12)22(31)15-6-1-2-7-16(15)23(26)32/h1-11,19-21H/t19-,20-,21-/m0/s1. The molecule has 0 bridgehead atoms. The van der Waals surface area contributed by atoms with Crippen molar-refractivity contribution in [3.8, 4) is 0 Å². The molecule has 2 heterocycles. The summed E-state index contributed by atoms with van der Waals surface area (Å²) in [7, 11) is 0. The summed E-state index contributed by atoms with van der Waals surface area (Å²) in [6, 6.07) is 15.7. The molecule has 0 N–H and O–H groups in total. The van der Waals surface area contributed by atoms with Gasteiger partial charge in [-0.05, 0) is 35.9 Å². The fraction of sp³-hybridized carbons (Fsp3) is 0.154. The zero-order valence-corrected chi connectivity index (χ0v) is 19.2. The van der Waals surface area contributed by atoms with Crippen molar-refractivity contribution >= 4 is 52.3 Å². The average Bonchev–Trinajstić information content (AvgIpc) is 3.41. The molecule has 2 amide bonds. The zero-order chi connectivity index (χ0) is 24.6. The quantitative estimate of drug-likeness (QED) is 0.365. The van der Waals surface area contributed by atoms with E-state index in [1.165, 1.54) is 48.5 Å². The maximum absolute atomic E-state index is 14.1. The van der Waals surface area contributed by atoms with Gasteiger partial charge in [0.1, 0.15) is 5.82 Å². The lowest BCUT2D eigenvalue weighted by Gasteiger charge is -2.27. The topological polar surface area (TPSA) is 80.8 Å². The van der Waals surface area contributed by atoms with Gasteiger partial charge in [0.2, 0.25) is 29.0 Å². The van der Waals surface area contributed by atoms with Crippen LogP contribution in [0.25, 0.3) is 0 Å². The number of fused-ring (bicyclic) bond motifs is 3. The van der Waals surface area contributed by atoms with Crippen LogP contribution in [0.5, 0.6) is 0 Å². The van der Waals surface area contributed by atoms with Crippen molar-refractivity contribution in [1.82, 2.24) is 0 Å². The molecule has 2 aliphatic heterocycles. The number of amides is 2. The highest BCUT2D eigenvalue weighted by Gasteiger charge is 2.74. The lowest BCUT2D eigenvalue weighted by Crippen LogP contribution is -2.51. The molecule has 2 fully saturated rings. The van der Waals surface area contributed by atoms with E-state index >= 15 is 0 Å². The fourth-order valence-electron chi connectivity index (χ4n) is 5.38. The second-order valence-electron chi connectivity index (χ2n) is 8.65. The number of anilines is 1. The number of ketones is 2. The van der Waals surface area contributed by atoms with Gasteiger partial charge >= 0.3 is 0 Å². The molecule has 3 aromatic carbocycles. The van der Waals surface area contributed by atoms with Gasteiger partial charge in [0.05, 0.1) is 33.7 Å². The normalized spacial score (nSPS) is 24.4. The number of Topliss-reactive ketones (excluding diaryl/α,β-unsaturated/α-hetero) is 2. The first kappa shape index (κ1) is 22.1. The molecule has 3 atom stereocenters. The van der Waals surface area contributed by atoms with Crippen LogP contribution in [-0.4, -0.2) is 29.0 Å². The van der Waals surface area contributed by atoms with Gasteiger partial charge in [-0.15, -0.1) is 0 Å². The summed E-state index contributed by atoms with van der Waals surface area (Å²) in [5.41, 5.74) is -1.62. The van der Waals surface area contributed by atoms with Crippen LogP contribution in [0.4, 0.5) is 10.1 Å². The molecular weight excluding hydrogens is 496 g/mol. The van der Waals surface area contributed by atoms with E-state index in [-0.39, 0.29) is 32.4 Å². The molecule has 1 aliphatic carbocycles. The predicted molar refractivity (Wildman–Crippen MR) is 124 cm³/mol. The van der Waals surface area contributed by atoms with Gasteiger partial charge in [0, 0.05) is 11.1 Å². The van der Waals surface area contributed by atoms with Crippen molar-refractivity contribution in [2.45, 2.75) is 11.7 Å². The van der Waals surface area contributed by atoms with E-state index in [1.54, 1.807) is 12.1 Å². The Labute approximate surface area is 208 Å². The first-order valence-electron chi connectivity index (χ1n) is 10.7. The average molecular weight is 510 g/mol. The van der Waals surface area contributed by atoms with Crippen molar-refractivity contribution < 1.29 is 28.3 Å². The summed E-state index contributed by atoms with van der Waals surface area (Å²) in [4.78, 5) is 55.8. The Morgan fingerprint density at radius 3 is 2.11 bits per heavy atom. The van der Waals surface area contributed by atoms with E-state index in [1.807, 2.05) is 0 Å². The summed E-state index contributed by atoms with van der Waals surface area (Å²) >= 11 is 12.1. The second kappa shape index (κ2) is 7.55. The molecule has 9 heteroatoms. The number of imide groups is 1. The van der Waals surface area contributed by atoms with Gasteiger partial charge in [-0.1, -0.05) is 59.6 Å². The maximum Gasteiger partial charge on any atom is 0.241 e. The molecule has 6 rings (SSSR count). The number of hydrogen-bond acceptors (Lipinski definition) is 5. The Morgan fingerprint density at radius 2 is 1.49 bits per heavy atom. The third-order valence-electron chi connectivity index (χ3n) is 6.86. The molecule has 35 heavy (non-hydrogen) atoms. The highest BCUT2D eigenvalue weighted by atomic mass is 35.5. The Kier molecular flexibility index (Phi) is 4.77. The Hall–Kier alpha value is -3.39. The van der Waals surface area contributed by atoms with Gasteiger partial charge < -0.3 is 4.74 Å². The number of carbonyl (C=O) groups excluding carboxylic acids is 4. The molecule has 2 saturated heterocycles. The highest BCUT2D eigenvalue weighted by Crippen LogP contribution is 2.57. The van der Waals surface area contributed by atoms with Gasteiger partial charge in [-0.25, -0.2) is 9.29 Å². The minimum Gasteiger partial charge on any atom is -0.349 e. The molecule has 3 aliphatic rings. The van der Waals surface area contributed by atoms with Crippen LogP contribution in [0.15, 0.2) is 66.7 Å². The third-order valence-corrected chi connectivity index (χ3v) is 7.60. The van der Waals surface area contributed by atoms with E-state index in [9.17, 15) is 23.6 Å². The SMILES string of the molecule is O=C1[C@H]2[C@@H](C(=O)N1c1ccc(Cl)c(Cl)c1)C1(O[C@H]2c2cccc(F)c2)C(=O)c2ccccc2C1=O. The van der Waals surface area contributed by atoms with Crippen molar-refractivity contribution in [3.05, 3.63) is 99.3 Å². The number of carbonyl (C=O) groups is 4. The van der Waals surface area contributed by atoms with Crippen molar-refractivity contribution in [1.29, 1.82) is 0 Å². The summed E-state index contributed by atoms with van der Waals surface area (Å²) < 4.78 is 20.2. The van der Waals surface area contributed by atoms with E-state index in [2.05, 4.69) is 0 Å². The van der Waals surface area contributed by atoms with Gasteiger partial charge in [-0.3, -0.25) is 19.2 Å². The highest BCUT2D eigenvalue weighted by molar-refractivity contribution is 6.42. The van der Waals surface area contributed by atoms with Crippen molar-refractivity contribution in [2.24, 2.45) is 11.8 Å². The number of halogens is 3. The van der Waals surface area contributed by atoms with E-state index in [0.29, 0.717) is 0 Å². The second-order valence-corrected chi connectivity index (χ2v) is 9.46. The molecule has 0 saturated carbocycles. The lowest BCUT2D eigenvalue weighted by molar-refractivity contribution is -0.127. The first-order valence-corrected chi connectivity index (χ1v) is 11.5. The zero-order valence-electron chi connectivity index (χ0n) is 17.7. The molecule has 0 radical (unpaired) electrons. The van der Waals surface area contributed by atoms with Gasteiger partial charge in [0.15, 0.2) is 0 Å². The monoisotopic (exact) mass is 509 g/mol. The molecule has 0 aromatic heterocycles. The summed E-state index contributed by atoms with van der Waals surface area (Å²) in [5, 5.41) is 0.346. The minimum atomic E-state index is -2.23. The number of ether oxygens (including phenoxy) is 1. The van der Waals surface area contributed by atoms with Crippen LogP contribution in [-0.2, 0) is 14.3 Å². The summed E-state index contributed by atoms with van der Waals surface area (Å²) in [6.07, 6.45) is -1.21. The van der Waals surface area contributed by atoms with Gasteiger partial charge in [0.25, 0.3) is 0 Å². The van der Waals surface area contributed by atoms with Crippen LogP contribution in [0.3, 0.4) is 0 Å². The van der Waals surface area contributed by atoms with Crippen LogP contribution >= 0.6 is 23.2 Å². The number of nitrogens with zero attached hydrogens (tertiary/aromatic N) is 1. The van der Waals surface area contributed by atoms with Gasteiger partial charge in [-0.2, -0.15) is 0 Å². The predicted octanol–water partition coefficient (Wildman–Crippen LogP) is 4.83. The van der Waals surface area contributed by atoms with Crippen molar-refractivity contribution in [3.63, 3.8) is 0 Å². The molecule has 174 valence electrons. The van der Waals surface area contributed by atoms with Crippen molar-refractivity contribution in [2.75, 3.05) is 4.90 Å². The molecule has 6 nitrogen and oxygen atoms in total. The minimum absolute atomic E-state index is 0.115. The number of rotatable bonds is 2. The number of benzene rings is 3. The van der Waals surface area contributed by atoms with Crippen LogP contribution < -0.4 is 4.90 Å². The molecule has 3 aromatic rings. The van der Waals surface area contributed by atoms with E-state index in [0.717, 1.165) is 11.0 Å². The Morgan fingerprint density at radius 1 is 0.800 bits per heavy atom. The first-order chi connectivity index (χ1) is 16.8. The maximum atomic E-state index is 14.1. The number of hydrogen-bond donors (Lipinski definition) is 0. The van der Waals surface area contributed by atoms with Crippen LogP contribution in [0.1, 0.15) is 32.4 Å². The Bertz CT molecular complexity index is 1450. The summed E-state index contributed by atoms with van der Waals surface area (Å²) in [6.45, 7) is 0. The van der Waals surface area contributed by atoms with E-state index < -0.39 is 52.7 Å². The molecule has 1 spiro atoms. The summed E-state index contributed by atoms with van der Waals surface area (Å²) in [5.74, 6) is -6.10. The molecule has 0 unspecified atom stereocenters. The molecular formula is C26H14Cl2FNO5. The van der Waals surface area contributed by atoms with E-state index in [4.69, 9.17) is 27.9 Å². The smallest absolute Gasteiger partial charge is 0.241 e. The Balaban J connectivity index is 1.55. The fourth-order valence-corrected chi connectivity index (χ4v) is 5.67. The largest absolute Gasteiger partial charge is 0.349 e. The third kappa shape index (κ3) is 2.86. The van der Waals surface area contributed by atoms with Crippen LogP contribution in [0, 0.1) is 17.7 Å². The van der Waals surface area contributed by atoms with Crippen LogP contribution in [0.2, 0.25) is 10.0 Å². The lowest BCUT2D eigenvalue weighted by atomic mass is 9.77.